The summed E-state index contributed by atoms with van der Waals surface area (Å²) in [5.74, 6) is -2.68. The number of hydrogen-bond acceptors (Lipinski definition) is 5. The number of carboxylic acids is 2. The summed E-state index contributed by atoms with van der Waals surface area (Å²) in [6.45, 7) is 2.22. The summed E-state index contributed by atoms with van der Waals surface area (Å²) in [4.78, 5) is 29.9. The predicted molar refractivity (Wildman–Crippen MR) is 53.6 cm³/mol. The largest absolute Gasteiger partial charge is 0.480 e. The Morgan fingerprint density at radius 2 is 1.69 bits per heavy atom. The molecule has 0 bridgehead atoms. The maximum Gasteiger partial charge on any atom is 0.328 e. The predicted octanol–water partition coefficient (Wildman–Crippen LogP) is -2.01. The Labute approximate surface area is 92.1 Å². The van der Waals surface area contributed by atoms with Crippen LogP contribution in [0.4, 0.5) is 0 Å². The van der Waals surface area contributed by atoms with E-state index in [0.717, 1.165) is 0 Å². The van der Waals surface area contributed by atoms with Crippen molar-refractivity contribution in [1.82, 2.24) is 5.32 Å². The molecular formula is C8H16N2O6. The zero-order valence-corrected chi connectivity index (χ0v) is 9.01. The van der Waals surface area contributed by atoms with Gasteiger partial charge in [0.2, 0.25) is 5.91 Å². The lowest BCUT2D eigenvalue weighted by Crippen LogP contribution is -2.46. The van der Waals surface area contributed by atoms with Crippen molar-refractivity contribution in [2.24, 2.45) is 5.73 Å². The molecule has 0 aliphatic rings. The van der Waals surface area contributed by atoms with E-state index >= 15 is 0 Å². The fourth-order valence-corrected chi connectivity index (χ4v) is 0.608. The fourth-order valence-electron chi connectivity index (χ4n) is 0.608. The lowest BCUT2D eigenvalue weighted by molar-refractivity contribution is -0.144. The third kappa shape index (κ3) is 10.4. The molecule has 8 nitrogen and oxygen atoms in total. The molecule has 0 aromatic rings. The number of aliphatic carboxylic acids is 2. The molecule has 0 aromatic heterocycles. The van der Waals surface area contributed by atoms with Crippen molar-refractivity contribution >= 4 is 17.8 Å². The zero-order chi connectivity index (χ0) is 13.3. The molecule has 0 fully saturated rings. The topological polar surface area (TPSA) is 150 Å². The van der Waals surface area contributed by atoms with E-state index in [1.165, 1.54) is 13.8 Å². The number of amides is 1. The first-order valence-electron chi connectivity index (χ1n) is 4.32. The number of carboxylic acid groups (broad SMARTS) is 2. The molecule has 2 unspecified atom stereocenters. The molecule has 16 heavy (non-hydrogen) atoms. The Bertz CT molecular complexity index is 253. The van der Waals surface area contributed by atoms with Crippen molar-refractivity contribution in [3.8, 4) is 0 Å². The van der Waals surface area contributed by atoms with Gasteiger partial charge in [-0.25, -0.2) is 4.79 Å². The van der Waals surface area contributed by atoms with Gasteiger partial charge in [0.1, 0.15) is 0 Å². The number of carbonyl (C=O) groups excluding carboxylic acids is 1. The minimum absolute atomic E-state index is 0.278. The fraction of sp³-hybridized carbons (Fsp3) is 0.625. The Hall–Kier alpha value is -1.67. The highest BCUT2D eigenvalue weighted by Crippen LogP contribution is 1.91. The maximum atomic E-state index is 10.4. The molecule has 0 aliphatic carbocycles. The van der Waals surface area contributed by atoms with Gasteiger partial charge in [-0.1, -0.05) is 0 Å². The average Bonchev–Trinajstić information content (AvgIpc) is 2.14. The zero-order valence-electron chi connectivity index (χ0n) is 9.01. The molecule has 0 spiro atoms. The van der Waals surface area contributed by atoms with Gasteiger partial charge in [-0.05, 0) is 6.92 Å². The Morgan fingerprint density at radius 1 is 1.31 bits per heavy atom. The minimum Gasteiger partial charge on any atom is -0.480 e. The standard InChI is InChI=1S/C6H11NO4.C2H5NO2/c1-3(8)5(6(10)11)7-4(2)9;3-1-2(4)5/h3,5,8H,1-2H3,(H,7,9)(H,10,11);1,3H2,(H,4,5). The van der Waals surface area contributed by atoms with Crippen LogP contribution in [0.1, 0.15) is 13.8 Å². The summed E-state index contributed by atoms with van der Waals surface area (Å²) in [5, 5.41) is 26.9. The van der Waals surface area contributed by atoms with Crippen LogP contribution in [0, 0.1) is 0 Å². The molecular weight excluding hydrogens is 220 g/mol. The molecule has 0 rings (SSSR count). The van der Waals surface area contributed by atoms with Gasteiger partial charge in [-0.3, -0.25) is 9.59 Å². The average molecular weight is 236 g/mol. The van der Waals surface area contributed by atoms with Gasteiger partial charge in [-0.15, -0.1) is 0 Å². The lowest BCUT2D eigenvalue weighted by atomic mass is 10.2. The van der Waals surface area contributed by atoms with E-state index in [2.05, 4.69) is 11.1 Å². The number of aliphatic hydroxyl groups excluding tert-OH is 1. The summed E-state index contributed by atoms with van der Waals surface area (Å²) >= 11 is 0. The monoisotopic (exact) mass is 236 g/mol. The van der Waals surface area contributed by atoms with Gasteiger partial charge in [-0.2, -0.15) is 0 Å². The SMILES string of the molecule is CC(=O)NC(C(=O)O)C(C)O.NCC(=O)O. The summed E-state index contributed by atoms with van der Waals surface area (Å²) in [6, 6.07) is -1.22. The van der Waals surface area contributed by atoms with Crippen LogP contribution < -0.4 is 11.1 Å². The van der Waals surface area contributed by atoms with E-state index in [4.69, 9.17) is 15.3 Å². The molecule has 0 aliphatic heterocycles. The van der Waals surface area contributed by atoms with Gasteiger partial charge in [0.15, 0.2) is 6.04 Å². The number of nitrogens with two attached hydrogens (primary N) is 1. The van der Waals surface area contributed by atoms with Gasteiger partial charge >= 0.3 is 11.9 Å². The van der Waals surface area contributed by atoms with E-state index in [1.54, 1.807) is 0 Å². The van der Waals surface area contributed by atoms with Crippen molar-refractivity contribution in [3.63, 3.8) is 0 Å². The van der Waals surface area contributed by atoms with Crippen molar-refractivity contribution < 1.29 is 29.7 Å². The summed E-state index contributed by atoms with van der Waals surface area (Å²) < 4.78 is 0. The van der Waals surface area contributed by atoms with E-state index in [-0.39, 0.29) is 6.54 Å². The van der Waals surface area contributed by atoms with Crippen LogP contribution in [0.2, 0.25) is 0 Å². The van der Waals surface area contributed by atoms with Crippen molar-refractivity contribution in [2.75, 3.05) is 6.54 Å². The van der Waals surface area contributed by atoms with E-state index in [1.807, 2.05) is 0 Å². The number of carbonyl (C=O) groups is 3. The first-order valence-corrected chi connectivity index (χ1v) is 4.32. The van der Waals surface area contributed by atoms with Crippen LogP contribution >= 0.6 is 0 Å². The highest BCUT2D eigenvalue weighted by molar-refractivity contribution is 5.82. The first-order chi connectivity index (χ1) is 7.22. The second kappa shape index (κ2) is 8.62. The molecule has 0 heterocycles. The van der Waals surface area contributed by atoms with Gasteiger partial charge in [0.05, 0.1) is 12.6 Å². The minimum atomic E-state index is -1.24. The Kier molecular flexibility index (Phi) is 9.03. The molecule has 0 saturated carbocycles. The third-order valence-corrected chi connectivity index (χ3v) is 1.28. The summed E-state index contributed by atoms with van der Waals surface area (Å²) in [6.07, 6.45) is -1.09. The first kappa shape index (κ1) is 16.7. The number of hydrogen-bond donors (Lipinski definition) is 5. The van der Waals surface area contributed by atoms with Crippen LogP contribution in [0.15, 0.2) is 0 Å². The Balaban J connectivity index is 0. The lowest BCUT2D eigenvalue weighted by Gasteiger charge is -2.15. The second-order valence-electron chi connectivity index (χ2n) is 2.85. The van der Waals surface area contributed by atoms with Gasteiger partial charge in [0, 0.05) is 6.92 Å². The quantitative estimate of drug-likeness (QED) is 0.378. The highest BCUT2D eigenvalue weighted by atomic mass is 16.4. The molecule has 2 atom stereocenters. The molecule has 8 heteroatoms. The van der Waals surface area contributed by atoms with E-state index in [9.17, 15) is 14.4 Å². The van der Waals surface area contributed by atoms with Crippen LogP contribution in [-0.4, -0.2) is 51.9 Å². The normalized spacial score (nSPS) is 12.8. The van der Waals surface area contributed by atoms with E-state index < -0.39 is 30.0 Å². The highest BCUT2D eigenvalue weighted by Gasteiger charge is 2.23. The van der Waals surface area contributed by atoms with Crippen LogP contribution in [0.3, 0.4) is 0 Å². The number of aliphatic hydroxyl groups is 1. The third-order valence-electron chi connectivity index (χ3n) is 1.28. The van der Waals surface area contributed by atoms with Gasteiger partial charge < -0.3 is 26.4 Å². The van der Waals surface area contributed by atoms with Gasteiger partial charge in [0.25, 0.3) is 0 Å². The Morgan fingerprint density at radius 3 is 1.75 bits per heavy atom. The summed E-state index contributed by atoms with van der Waals surface area (Å²) in [5.41, 5.74) is 4.57. The summed E-state index contributed by atoms with van der Waals surface area (Å²) in [7, 11) is 0. The molecule has 0 aromatic carbocycles. The second-order valence-corrected chi connectivity index (χ2v) is 2.85. The van der Waals surface area contributed by atoms with Crippen LogP contribution in [-0.2, 0) is 14.4 Å². The molecule has 6 N–H and O–H groups in total. The smallest absolute Gasteiger partial charge is 0.328 e. The van der Waals surface area contributed by atoms with Crippen molar-refractivity contribution in [1.29, 1.82) is 0 Å². The van der Waals surface area contributed by atoms with Crippen molar-refractivity contribution in [3.05, 3.63) is 0 Å². The van der Waals surface area contributed by atoms with Crippen molar-refractivity contribution in [2.45, 2.75) is 26.0 Å². The number of nitrogens with one attached hydrogen (secondary N) is 1. The molecule has 1 amide bonds. The van der Waals surface area contributed by atoms with Crippen LogP contribution in [0.5, 0.6) is 0 Å². The number of rotatable bonds is 4. The van der Waals surface area contributed by atoms with Crippen LogP contribution in [0.25, 0.3) is 0 Å². The molecule has 0 radical (unpaired) electrons. The molecule has 0 saturated heterocycles. The van der Waals surface area contributed by atoms with E-state index in [0.29, 0.717) is 0 Å². The molecule has 94 valence electrons. The maximum absolute atomic E-state index is 10.4.